The highest BCUT2D eigenvalue weighted by Gasteiger charge is 2.47. The number of hydrogen-bond donors (Lipinski definition) is 5. The van der Waals surface area contributed by atoms with E-state index in [4.69, 9.17) is 4.74 Å². The van der Waals surface area contributed by atoms with E-state index in [1.807, 2.05) is 13.8 Å². The molecule has 226 valence electrons. The molecule has 3 fully saturated rings. The number of piperidine rings is 1. The molecule has 0 aromatic heterocycles. The van der Waals surface area contributed by atoms with E-state index in [0.717, 1.165) is 63.7 Å². The van der Waals surface area contributed by atoms with Gasteiger partial charge in [-0.3, -0.25) is 9.69 Å². The fourth-order valence-electron chi connectivity index (χ4n) is 7.49. The van der Waals surface area contributed by atoms with Crippen LogP contribution in [0.25, 0.3) is 0 Å². The molecule has 10 atom stereocenters. The van der Waals surface area contributed by atoms with E-state index in [1.165, 1.54) is 0 Å². The van der Waals surface area contributed by atoms with Gasteiger partial charge in [0.1, 0.15) is 12.5 Å². The van der Waals surface area contributed by atoms with Crippen LogP contribution >= 0.6 is 22.6 Å². The number of allylic oxidation sites excluding steroid dienone is 3. The standard InChI is InChI=1S/C31H49IN2O6/c1-4-19(12-20(5-2)17-35)13-25(31(38)39)33-18(3)28-26(36)14-23-16-34(10-8-24(23)29(28)32)30(37)22-7-6-21-9-11-40-27(21)15-22/h5,7,17,19,21,23-31,33,36-39H,3-4,6,8-16H2,1-2H3/b20-5+/t19-,21?,23?,24+,25-,26-,27+,28-,29?,30?/m0/s1. The number of hydrogen-bond acceptors (Lipinski definition) is 8. The summed E-state index contributed by atoms with van der Waals surface area (Å²) in [5.41, 5.74) is 2.43. The molecule has 8 nitrogen and oxygen atoms in total. The highest BCUT2D eigenvalue weighted by molar-refractivity contribution is 14.1. The molecule has 2 heterocycles. The Hall–Kier alpha value is -0.820. The topological polar surface area (TPSA) is 122 Å². The van der Waals surface area contributed by atoms with Crippen LogP contribution in [0.1, 0.15) is 65.2 Å². The Morgan fingerprint density at radius 3 is 2.75 bits per heavy atom. The summed E-state index contributed by atoms with van der Waals surface area (Å²) in [5, 5.41) is 46.2. The van der Waals surface area contributed by atoms with Crippen molar-refractivity contribution in [3.05, 3.63) is 35.6 Å². The van der Waals surface area contributed by atoms with Gasteiger partial charge in [0, 0.05) is 35.2 Å². The number of aliphatic hydroxyl groups excluding tert-OH is 3. The molecule has 5 N–H and O–H groups in total. The van der Waals surface area contributed by atoms with Gasteiger partial charge in [-0.2, -0.15) is 0 Å². The minimum Gasteiger partial charge on any atom is -0.392 e. The Morgan fingerprint density at radius 1 is 1.30 bits per heavy atom. The Kier molecular flexibility index (Phi) is 11.7. The van der Waals surface area contributed by atoms with Crippen LogP contribution in [0.2, 0.25) is 0 Å². The molecule has 9 heteroatoms. The molecule has 2 aliphatic carbocycles. The number of likely N-dealkylation sites (tertiary alicyclic amines) is 1. The molecule has 0 aromatic rings. The fraction of sp³-hybridized carbons (Fsp3) is 0.774. The Bertz CT molecular complexity index is 941. The van der Waals surface area contributed by atoms with Crippen molar-refractivity contribution in [2.75, 3.05) is 19.7 Å². The van der Waals surface area contributed by atoms with Crippen molar-refractivity contribution in [1.29, 1.82) is 0 Å². The van der Waals surface area contributed by atoms with Crippen LogP contribution in [-0.2, 0) is 9.53 Å². The summed E-state index contributed by atoms with van der Waals surface area (Å²) < 4.78 is 6.04. The number of carbonyl (C=O) groups is 1. The van der Waals surface area contributed by atoms with E-state index in [0.29, 0.717) is 42.4 Å². The Balaban J connectivity index is 1.35. The smallest absolute Gasteiger partial charge is 0.172 e. The number of nitrogens with zero attached hydrogens (tertiary/aromatic N) is 1. The third-order valence-electron chi connectivity index (χ3n) is 10.0. The summed E-state index contributed by atoms with van der Waals surface area (Å²) in [5.74, 6) is 1.15. The van der Waals surface area contributed by atoms with Gasteiger partial charge in [0.05, 0.1) is 18.2 Å². The number of fused-ring (bicyclic) bond motifs is 2. The van der Waals surface area contributed by atoms with Gasteiger partial charge in [-0.15, -0.1) is 0 Å². The monoisotopic (exact) mass is 672 g/mol. The largest absolute Gasteiger partial charge is 0.392 e. The van der Waals surface area contributed by atoms with Gasteiger partial charge >= 0.3 is 0 Å². The maximum Gasteiger partial charge on any atom is 0.172 e. The van der Waals surface area contributed by atoms with Crippen molar-refractivity contribution in [3.63, 3.8) is 0 Å². The van der Waals surface area contributed by atoms with E-state index in [9.17, 15) is 25.2 Å². The number of carbonyl (C=O) groups excluding carboxylic acids is 1. The minimum atomic E-state index is -1.58. The lowest BCUT2D eigenvalue weighted by atomic mass is 9.68. The SMILES string of the molecule is C=C(N[C@@H](C[C@@H](CC)C/C(C=O)=C\C)C(O)O)[C@@H]1C(I)[C@@H]2CCN(C(O)C3=CCC4CCO[C@@H]4C3)CC2C[C@@H]1O. The number of halogens is 1. The molecule has 4 unspecified atom stereocenters. The quantitative estimate of drug-likeness (QED) is 0.0535. The molecule has 4 aliphatic rings. The molecule has 4 rings (SSSR count). The van der Waals surface area contributed by atoms with Gasteiger partial charge in [-0.25, -0.2) is 0 Å². The van der Waals surface area contributed by atoms with Gasteiger partial charge < -0.3 is 30.5 Å². The second-order valence-corrected chi connectivity index (χ2v) is 13.9. The van der Waals surface area contributed by atoms with Gasteiger partial charge in [-0.05, 0) is 86.7 Å². The summed E-state index contributed by atoms with van der Waals surface area (Å²) in [6, 6.07) is -0.639. The summed E-state index contributed by atoms with van der Waals surface area (Å²) in [7, 11) is 0. The molecule has 1 saturated carbocycles. The fourth-order valence-corrected chi connectivity index (χ4v) is 9.35. The van der Waals surface area contributed by atoms with Gasteiger partial charge in [0.15, 0.2) is 6.29 Å². The van der Waals surface area contributed by atoms with Crippen LogP contribution in [0.5, 0.6) is 0 Å². The van der Waals surface area contributed by atoms with E-state index in [2.05, 4.69) is 45.5 Å². The molecular weight excluding hydrogens is 623 g/mol. The third kappa shape index (κ3) is 7.38. The van der Waals surface area contributed by atoms with E-state index in [1.54, 1.807) is 6.08 Å². The van der Waals surface area contributed by atoms with Crippen molar-refractivity contribution >= 4 is 28.9 Å². The maximum absolute atomic E-state index is 11.3. The minimum absolute atomic E-state index is 0.112. The van der Waals surface area contributed by atoms with Crippen molar-refractivity contribution < 1.29 is 30.0 Å². The second kappa shape index (κ2) is 14.6. The second-order valence-electron chi connectivity index (χ2n) is 12.4. The van der Waals surface area contributed by atoms with Crippen molar-refractivity contribution in [1.82, 2.24) is 10.2 Å². The van der Waals surface area contributed by atoms with E-state index >= 15 is 0 Å². The zero-order chi connectivity index (χ0) is 29.0. The molecule has 40 heavy (non-hydrogen) atoms. The average Bonchev–Trinajstić information content (AvgIpc) is 3.42. The normalized spacial score (nSPS) is 35.4. The van der Waals surface area contributed by atoms with Crippen molar-refractivity contribution in [2.24, 2.45) is 29.6 Å². The lowest BCUT2D eigenvalue weighted by molar-refractivity contribution is -0.105. The van der Waals surface area contributed by atoms with Gasteiger partial charge in [-0.1, -0.05) is 54.7 Å². The third-order valence-corrected chi connectivity index (χ3v) is 11.7. The zero-order valence-corrected chi connectivity index (χ0v) is 26.2. The summed E-state index contributed by atoms with van der Waals surface area (Å²) in [6.45, 7) is 10.5. The van der Waals surface area contributed by atoms with Crippen LogP contribution in [0.3, 0.4) is 0 Å². The first-order valence-electron chi connectivity index (χ1n) is 15.1. The molecule has 0 spiro atoms. The summed E-state index contributed by atoms with van der Waals surface area (Å²) >= 11 is 2.45. The van der Waals surface area contributed by atoms with Crippen molar-refractivity contribution in [2.45, 2.75) is 99.9 Å². The van der Waals surface area contributed by atoms with Crippen LogP contribution in [0.15, 0.2) is 35.6 Å². The van der Waals surface area contributed by atoms with E-state index < -0.39 is 24.7 Å². The van der Waals surface area contributed by atoms with Gasteiger partial charge in [0.2, 0.25) is 0 Å². The average molecular weight is 673 g/mol. The highest BCUT2D eigenvalue weighted by Crippen LogP contribution is 2.46. The first kappa shape index (κ1) is 32.1. The highest BCUT2D eigenvalue weighted by atomic mass is 127. The number of nitrogens with one attached hydrogen (secondary N) is 1. The lowest BCUT2D eigenvalue weighted by Crippen LogP contribution is -2.56. The maximum atomic E-state index is 11.3. The first-order chi connectivity index (χ1) is 19.2. The van der Waals surface area contributed by atoms with Crippen molar-refractivity contribution in [3.8, 4) is 0 Å². The number of rotatable bonds is 12. The van der Waals surface area contributed by atoms with Gasteiger partial charge in [0.25, 0.3) is 0 Å². The molecule has 0 amide bonds. The van der Waals surface area contributed by atoms with Crippen LogP contribution in [0.4, 0.5) is 0 Å². The summed E-state index contributed by atoms with van der Waals surface area (Å²) in [4.78, 5) is 13.5. The number of aliphatic hydroxyl groups is 4. The molecule has 0 radical (unpaired) electrons. The molecule has 0 aromatic carbocycles. The predicted octanol–water partition coefficient (Wildman–Crippen LogP) is 3.29. The molecule has 2 saturated heterocycles. The number of aldehydes is 1. The molecule has 2 aliphatic heterocycles. The molecular formula is C31H49IN2O6. The molecule has 0 bridgehead atoms. The van der Waals surface area contributed by atoms with Crippen LogP contribution in [-0.4, -0.2) is 86.0 Å². The zero-order valence-electron chi connectivity index (χ0n) is 24.0. The predicted molar refractivity (Wildman–Crippen MR) is 163 cm³/mol. The van der Waals surface area contributed by atoms with E-state index in [-0.39, 0.29) is 27.8 Å². The lowest BCUT2D eigenvalue weighted by Gasteiger charge is -2.50. The van der Waals surface area contributed by atoms with Crippen LogP contribution < -0.4 is 5.32 Å². The Labute approximate surface area is 253 Å². The van der Waals surface area contributed by atoms with Crippen LogP contribution in [0, 0.1) is 29.6 Å². The number of ether oxygens (including phenoxy) is 1. The number of alkyl halides is 1. The Morgan fingerprint density at radius 2 is 2.08 bits per heavy atom. The summed E-state index contributed by atoms with van der Waals surface area (Å²) in [6.07, 6.45) is 8.70. The first-order valence-corrected chi connectivity index (χ1v) is 16.4.